The fraction of sp³-hybridized carbons (Fsp3) is 0.500. The number of nitrogens with one attached hydrogen (secondary N) is 1. The minimum atomic E-state index is -0.238. The van der Waals surface area contributed by atoms with Crippen LogP contribution in [0.3, 0.4) is 0 Å². The maximum Gasteiger partial charge on any atom is 0.227 e. The molecule has 0 atom stereocenters. The highest BCUT2D eigenvalue weighted by Gasteiger charge is 2.24. The van der Waals surface area contributed by atoms with E-state index in [9.17, 15) is 4.79 Å². The van der Waals surface area contributed by atoms with Crippen LogP contribution in [0.5, 0.6) is 0 Å². The summed E-state index contributed by atoms with van der Waals surface area (Å²) in [6.45, 7) is 11.1. The second kappa shape index (κ2) is 7.13. The summed E-state index contributed by atoms with van der Waals surface area (Å²) in [5.41, 5.74) is 1.82. The quantitative estimate of drug-likeness (QED) is 0.751. The van der Waals surface area contributed by atoms with Gasteiger partial charge in [-0.15, -0.1) is 0 Å². The van der Waals surface area contributed by atoms with Crippen molar-refractivity contribution in [1.82, 2.24) is 29.6 Å². The van der Waals surface area contributed by atoms with E-state index in [1.807, 2.05) is 22.9 Å². The molecule has 0 unspecified atom stereocenters. The third kappa shape index (κ3) is 3.86. The lowest BCUT2D eigenvalue weighted by molar-refractivity contribution is -0.120. The van der Waals surface area contributed by atoms with Gasteiger partial charge in [0, 0.05) is 13.0 Å². The van der Waals surface area contributed by atoms with Crippen molar-refractivity contribution in [2.75, 3.05) is 7.05 Å². The predicted octanol–water partition coefficient (Wildman–Crippen LogP) is 2.84. The Bertz CT molecular complexity index is 961. The van der Waals surface area contributed by atoms with Gasteiger partial charge in [-0.2, -0.15) is 5.10 Å². The van der Waals surface area contributed by atoms with Gasteiger partial charge in [-0.1, -0.05) is 26.0 Å². The summed E-state index contributed by atoms with van der Waals surface area (Å²) >= 11 is 0. The Balaban J connectivity index is 2.08. The van der Waals surface area contributed by atoms with Crippen LogP contribution in [0.2, 0.25) is 0 Å². The lowest BCUT2D eigenvalue weighted by atomic mass is 10.1. The molecule has 7 heteroatoms. The first-order valence-corrected chi connectivity index (χ1v) is 9.31. The first-order valence-electron chi connectivity index (χ1n) is 9.31. The summed E-state index contributed by atoms with van der Waals surface area (Å²) in [6, 6.07) is 8.14. The van der Waals surface area contributed by atoms with Crippen LogP contribution in [-0.2, 0) is 23.3 Å². The molecule has 0 bridgehead atoms. The second-order valence-electron chi connectivity index (χ2n) is 8.08. The topological polar surface area (TPSA) is 77.6 Å². The van der Waals surface area contributed by atoms with Gasteiger partial charge in [0.25, 0.3) is 0 Å². The number of amides is 1. The minimum Gasteiger partial charge on any atom is -0.359 e. The van der Waals surface area contributed by atoms with Crippen LogP contribution < -0.4 is 5.32 Å². The second-order valence-corrected chi connectivity index (χ2v) is 8.08. The number of carbonyl (C=O) groups is 1. The van der Waals surface area contributed by atoms with Crippen LogP contribution in [0.25, 0.3) is 11.0 Å². The molecule has 3 rings (SSSR count). The molecule has 0 aliphatic rings. The Morgan fingerprint density at radius 1 is 1.19 bits per heavy atom. The lowest BCUT2D eigenvalue weighted by Crippen LogP contribution is -2.27. The van der Waals surface area contributed by atoms with Crippen LogP contribution in [0.15, 0.2) is 24.3 Å². The number of benzene rings is 1. The monoisotopic (exact) mass is 368 g/mol. The van der Waals surface area contributed by atoms with E-state index in [1.54, 1.807) is 7.05 Å². The number of hydrogen-bond donors (Lipinski definition) is 1. The predicted molar refractivity (Wildman–Crippen MR) is 106 cm³/mol. The number of nitrogens with zero attached hydrogens (tertiary/aromatic N) is 5. The van der Waals surface area contributed by atoms with Gasteiger partial charge < -0.3 is 9.88 Å². The van der Waals surface area contributed by atoms with Crippen molar-refractivity contribution in [2.24, 2.45) is 0 Å². The molecule has 1 aromatic carbocycles. The minimum absolute atomic E-state index is 0.0939. The molecule has 0 fully saturated rings. The van der Waals surface area contributed by atoms with Gasteiger partial charge in [0.05, 0.1) is 29.5 Å². The van der Waals surface area contributed by atoms with E-state index >= 15 is 0 Å². The van der Waals surface area contributed by atoms with E-state index in [-0.39, 0.29) is 23.8 Å². The third-order valence-corrected chi connectivity index (χ3v) is 4.45. The zero-order valence-corrected chi connectivity index (χ0v) is 16.9. The normalized spacial score (nSPS) is 12.1. The molecular formula is C20H28N6O. The van der Waals surface area contributed by atoms with Crippen LogP contribution in [0.4, 0.5) is 0 Å². The molecule has 0 aliphatic carbocycles. The van der Waals surface area contributed by atoms with E-state index in [0.29, 0.717) is 12.4 Å². The molecule has 7 nitrogen and oxygen atoms in total. The van der Waals surface area contributed by atoms with Crippen LogP contribution in [0.1, 0.15) is 58.0 Å². The number of fused-ring (bicyclic) bond motifs is 1. The fourth-order valence-electron chi connectivity index (χ4n) is 3.18. The Hall–Kier alpha value is -2.70. The number of aromatic nitrogens is 5. The van der Waals surface area contributed by atoms with Crippen LogP contribution >= 0.6 is 0 Å². The van der Waals surface area contributed by atoms with Crippen molar-refractivity contribution < 1.29 is 4.79 Å². The number of carbonyl (C=O) groups excluding carboxylic acids is 1. The molecule has 0 saturated carbocycles. The van der Waals surface area contributed by atoms with Gasteiger partial charge in [0.2, 0.25) is 5.91 Å². The molecule has 1 N–H and O–H groups in total. The van der Waals surface area contributed by atoms with Crippen LogP contribution in [0, 0.1) is 0 Å². The molecule has 2 aromatic heterocycles. The molecule has 1 amide bonds. The van der Waals surface area contributed by atoms with E-state index < -0.39 is 0 Å². The number of hydrogen-bond acceptors (Lipinski definition) is 4. The van der Waals surface area contributed by atoms with Gasteiger partial charge in [0.1, 0.15) is 11.6 Å². The van der Waals surface area contributed by atoms with Crippen molar-refractivity contribution in [3.63, 3.8) is 0 Å². The molecule has 27 heavy (non-hydrogen) atoms. The highest BCUT2D eigenvalue weighted by atomic mass is 16.1. The van der Waals surface area contributed by atoms with E-state index in [0.717, 1.165) is 22.7 Å². The van der Waals surface area contributed by atoms with Crippen molar-refractivity contribution in [2.45, 2.75) is 59.0 Å². The lowest BCUT2D eigenvalue weighted by Gasteiger charge is -2.22. The number of imidazole rings is 1. The van der Waals surface area contributed by atoms with Crippen molar-refractivity contribution in [3.8, 4) is 0 Å². The Kier molecular flexibility index (Phi) is 5.04. The van der Waals surface area contributed by atoms with Gasteiger partial charge in [-0.3, -0.25) is 4.79 Å². The maximum atomic E-state index is 11.8. The molecular weight excluding hydrogens is 340 g/mol. The van der Waals surface area contributed by atoms with Gasteiger partial charge in [0.15, 0.2) is 5.82 Å². The average molecular weight is 368 g/mol. The molecule has 0 radical (unpaired) electrons. The summed E-state index contributed by atoms with van der Waals surface area (Å²) in [7, 11) is 1.62. The molecule has 0 spiro atoms. The van der Waals surface area contributed by atoms with Gasteiger partial charge in [-0.05, 0) is 32.9 Å². The van der Waals surface area contributed by atoms with E-state index in [4.69, 9.17) is 4.98 Å². The van der Waals surface area contributed by atoms with Crippen LogP contribution in [-0.4, -0.2) is 37.3 Å². The number of rotatable bonds is 5. The maximum absolute atomic E-state index is 11.8. The van der Waals surface area contributed by atoms with Crippen molar-refractivity contribution in [3.05, 3.63) is 41.7 Å². The Morgan fingerprint density at radius 3 is 2.52 bits per heavy atom. The van der Waals surface area contributed by atoms with Crippen molar-refractivity contribution in [1.29, 1.82) is 0 Å². The first kappa shape index (κ1) is 19.1. The Morgan fingerprint density at radius 2 is 1.89 bits per heavy atom. The molecule has 144 valence electrons. The summed E-state index contributed by atoms with van der Waals surface area (Å²) < 4.78 is 4.13. The van der Waals surface area contributed by atoms with Gasteiger partial charge >= 0.3 is 0 Å². The summed E-state index contributed by atoms with van der Waals surface area (Å²) in [5.74, 6) is 2.58. The number of likely N-dealkylation sites (N-methyl/N-ethyl adjacent to an activating group) is 1. The van der Waals surface area contributed by atoms with E-state index in [1.165, 1.54) is 0 Å². The standard InChI is InChI=1S/C20H28N6O/c1-13(2)19-22-14-9-7-8-10-15(14)25(19)12-17-23-16(11-18(27)21-6)24-26(17)20(3,4)5/h7-10,13H,11-12H2,1-6H3,(H,21,27). The molecule has 2 heterocycles. The largest absolute Gasteiger partial charge is 0.359 e. The Labute approximate surface area is 159 Å². The fourth-order valence-corrected chi connectivity index (χ4v) is 3.18. The smallest absolute Gasteiger partial charge is 0.227 e. The van der Waals surface area contributed by atoms with Crippen molar-refractivity contribution >= 4 is 16.9 Å². The zero-order chi connectivity index (χ0) is 19.8. The zero-order valence-electron chi connectivity index (χ0n) is 16.9. The summed E-state index contributed by atoms with van der Waals surface area (Å²) in [5, 5.41) is 7.25. The summed E-state index contributed by atoms with van der Waals surface area (Å²) in [4.78, 5) is 21.3. The molecule has 3 aromatic rings. The summed E-state index contributed by atoms with van der Waals surface area (Å²) in [6.07, 6.45) is 0.175. The third-order valence-electron chi connectivity index (χ3n) is 4.45. The number of para-hydroxylation sites is 2. The van der Waals surface area contributed by atoms with E-state index in [2.05, 4.69) is 60.7 Å². The van der Waals surface area contributed by atoms with Gasteiger partial charge in [-0.25, -0.2) is 14.6 Å². The first-order chi connectivity index (χ1) is 12.7. The molecule has 0 saturated heterocycles. The molecule has 0 aliphatic heterocycles. The highest BCUT2D eigenvalue weighted by molar-refractivity contribution is 5.77. The highest BCUT2D eigenvalue weighted by Crippen LogP contribution is 2.24. The average Bonchev–Trinajstić information content (AvgIpc) is 3.17. The SMILES string of the molecule is CNC(=O)Cc1nc(Cn2c(C(C)C)nc3ccccc32)n(C(C)(C)C)n1.